The van der Waals surface area contributed by atoms with E-state index in [2.05, 4.69) is 33.9 Å². The van der Waals surface area contributed by atoms with Gasteiger partial charge >= 0.3 is 12.1 Å². The average molecular weight is 609 g/mol. The van der Waals surface area contributed by atoms with Gasteiger partial charge in [-0.05, 0) is 48.5 Å². The summed E-state index contributed by atoms with van der Waals surface area (Å²) in [6.45, 7) is 10.6. The summed E-state index contributed by atoms with van der Waals surface area (Å²) in [6.07, 6.45) is -0.399. The number of rotatable bonds is 10. The second-order valence-corrected chi connectivity index (χ2v) is 17.7. The van der Waals surface area contributed by atoms with Crippen LogP contribution in [0, 0.1) is 5.82 Å². The number of hydrogen-bond acceptors (Lipinski definition) is 5. The molecule has 3 aromatic rings. The predicted molar refractivity (Wildman–Crippen MR) is 165 cm³/mol. The zero-order valence-corrected chi connectivity index (χ0v) is 26.9. The molecule has 1 aliphatic rings. The zero-order chi connectivity index (χ0) is 31.5. The largest absolute Gasteiger partial charge is 0.515 e. The van der Waals surface area contributed by atoms with Crippen molar-refractivity contribution in [2.75, 3.05) is 13.7 Å². The molecule has 1 fully saturated rings. The number of amides is 1. The first-order valence-electron chi connectivity index (χ1n) is 14.6. The Morgan fingerprint density at radius 3 is 2.21 bits per heavy atom. The van der Waals surface area contributed by atoms with Crippen LogP contribution < -0.4 is 4.74 Å². The van der Waals surface area contributed by atoms with Gasteiger partial charge in [-0.25, -0.2) is 9.18 Å². The van der Waals surface area contributed by atoms with Crippen LogP contribution in [0.5, 0.6) is 5.75 Å². The minimum Gasteiger partial charge on any atom is -0.489 e. The Morgan fingerprint density at radius 2 is 1.63 bits per heavy atom. The van der Waals surface area contributed by atoms with E-state index in [9.17, 15) is 19.1 Å². The van der Waals surface area contributed by atoms with Gasteiger partial charge in [0, 0.05) is 29.5 Å². The van der Waals surface area contributed by atoms with Gasteiger partial charge in [-0.3, -0.25) is 0 Å². The van der Waals surface area contributed by atoms with E-state index in [-0.39, 0.29) is 37.0 Å². The van der Waals surface area contributed by atoms with Gasteiger partial charge in [0.25, 0.3) is 0 Å². The highest BCUT2D eigenvalue weighted by Crippen LogP contribution is 2.53. The van der Waals surface area contributed by atoms with Gasteiger partial charge in [0.1, 0.15) is 37.4 Å². The first kappa shape index (κ1) is 32.4. The molecular weight excluding hydrogens is 565 g/mol. The van der Waals surface area contributed by atoms with Gasteiger partial charge in [0.15, 0.2) is 8.32 Å². The van der Waals surface area contributed by atoms with Crippen molar-refractivity contribution < 1.29 is 37.5 Å². The van der Waals surface area contributed by atoms with Crippen LogP contribution in [0.15, 0.2) is 78.9 Å². The molecule has 43 heavy (non-hydrogen) atoms. The molecule has 0 saturated carbocycles. The second kappa shape index (κ2) is 12.6. The number of quaternary nitrogens is 1. The smallest absolute Gasteiger partial charge is 0.489 e. The van der Waals surface area contributed by atoms with E-state index in [1.807, 2.05) is 42.5 Å². The van der Waals surface area contributed by atoms with Crippen molar-refractivity contribution in [2.45, 2.75) is 76.5 Å². The second-order valence-electron chi connectivity index (χ2n) is 12.9. The average Bonchev–Trinajstić information content (AvgIpc) is 3.31. The third-order valence-electron chi connectivity index (χ3n) is 9.40. The van der Waals surface area contributed by atoms with Crippen molar-refractivity contribution >= 4 is 20.4 Å². The van der Waals surface area contributed by atoms with E-state index in [0.717, 1.165) is 11.1 Å². The SMILES string of the molecule is COC(=O)[C@]1(CO[Si](C)(C)C(C)(C)C)CC[C@H](c2ccc(OCc3ccccc3F)cc2)[N+]1(Cc1ccccc1)C(=O)O. The summed E-state index contributed by atoms with van der Waals surface area (Å²) in [7, 11) is -1.06. The quantitative estimate of drug-likeness (QED) is 0.143. The first-order chi connectivity index (χ1) is 20.3. The van der Waals surface area contributed by atoms with Gasteiger partial charge in [-0.1, -0.05) is 69.3 Å². The van der Waals surface area contributed by atoms with Crippen LogP contribution in [0.25, 0.3) is 0 Å². The molecule has 1 N–H and O–H groups in total. The van der Waals surface area contributed by atoms with Crippen molar-refractivity contribution in [3.63, 3.8) is 0 Å². The number of esters is 1. The van der Waals surface area contributed by atoms with Gasteiger partial charge < -0.3 is 19.0 Å². The van der Waals surface area contributed by atoms with Gasteiger partial charge in [-0.2, -0.15) is 9.28 Å². The molecule has 0 radical (unpaired) electrons. The van der Waals surface area contributed by atoms with Crippen molar-refractivity contribution in [3.8, 4) is 5.75 Å². The number of benzene rings is 3. The van der Waals surface area contributed by atoms with E-state index in [0.29, 0.717) is 17.7 Å². The molecule has 230 valence electrons. The molecule has 0 spiro atoms. The fraction of sp³-hybridized carbons (Fsp3) is 0.412. The molecule has 1 heterocycles. The maximum absolute atomic E-state index is 14.1. The van der Waals surface area contributed by atoms with Crippen LogP contribution in [0.2, 0.25) is 18.1 Å². The van der Waals surface area contributed by atoms with Gasteiger partial charge in [-0.15, -0.1) is 0 Å². The summed E-state index contributed by atoms with van der Waals surface area (Å²) in [5, 5.41) is 11.0. The molecule has 4 rings (SSSR count). The normalized spacial score (nSPS) is 22.3. The highest BCUT2D eigenvalue weighted by Gasteiger charge is 2.71. The number of ether oxygens (including phenoxy) is 2. The van der Waals surface area contributed by atoms with E-state index >= 15 is 0 Å². The summed E-state index contributed by atoms with van der Waals surface area (Å²) < 4.78 is 31.4. The zero-order valence-electron chi connectivity index (χ0n) is 25.9. The summed E-state index contributed by atoms with van der Waals surface area (Å²) in [6, 6.07) is 22.5. The number of methoxy groups -OCH3 is 1. The molecule has 3 atom stereocenters. The molecule has 1 unspecified atom stereocenters. The lowest BCUT2D eigenvalue weighted by molar-refractivity contribution is -0.927. The molecule has 1 aliphatic heterocycles. The van der Waals surface area contributed by atoms with Gasteiger partial charge in [0.2, 0.25) is 5.54 Å². The Hall–Kier alpha value is -3.53. The van der Waals surface area contributed by atoms with Crippen molar-refractivity contribution in [1.82, 2.24) is 0 Å². The number of halogens is 1. The topological polar surface area (TPSA) is 82.1 Å². The number of carboxylic acid groups (broad SMARTS) is 1. The van der Waals surface area contributed by atoms with E-state index in [1.54, 1.807) is 30.3 Å². The molecule has 9 heteroatoms. The van der Waals surface area contributed by atoms with Crippen molar-refractivity contribution in [3.05, 3.63) is 101 Å². The molecule has 1 saturated heterocycles. The lowest BCUT2D eigenvalue weighted by Gasteiger charge is -2.47. The van der Waals surface area contributed by atoms with Crippen LogP contribution in [-0.4, -0.2) is 49.2 Å². The number of carbonyl (C=O) groups excluding carboxylic acids is 1. The minimum absolute atomic E-state index is 0.0599. The number of carbonyl (C=O) groups is 2. The highest BCUT2D eigenvalue weighted by molar-refractivity contribution is 6.74. The number of nitrogens with zero attached hydrogens (tertiary/aromatic N) is 1. The number of hydrogen-bond donors (Lipinski definition) is 1. The molecule has 1 amide bonds. The van der Waals surface area contributed by atoms with Gasteiger partial charge in [0.05, 0.1) is 7.11 Å². The summed E-state index contributed by atoms with van der Waals surface area (Å²) in [4.78, 5) is 27.6. The Morgan fingerprint density at radius 1 is 1.00 bits per heavy atom. The predicted octanol–water partition coefficient (Wildman–Crippen LogP) is 7.87. The third kappa shape index (κ3) is 6.25. The highest BCUT2D eigenvalue weighted by atomic mass is 28.4. The lowest BCUT2D eigenvalue weighted by atomic mass is 9.93. The number of likely N-dealkylation sites (tertiary alicyclic amines) is 1. The monoisotopic (exact) mass is 608 g/mol. The summed E-state index contributed by atoms with van der Waals surface area (Å²) in [5.74, 6) is -0.396. The minimum atomic E-state index is -2.37. The first-order valence-corrected chi connectivity index (χ1v) is 17.5. The Labute approximate surface area is 254 Å². The van der Waals surface area contributed by atoms with Crippen LogP contribution in [-0.2, 0) is 27.1 Å². The fourth-order valence-electron chi connectivity index (χ4n) is 5.81. The lowest BCUT2D eigenvalue weighted by Crippen LogP contribution is -2.70. The molecule has 0 aromatic heterocycles. The Bertz CT molecular complexity index is 1420. The van der Waals surface area contributed by atoms with Crippen molar-refractivity contribution in [2.24, 2.45) is 0 Å². The molecule has 3 aromatic carbocycles. The standard InChI is InChI=1S/C34H42FNO6Si/c1-33(2,3)43(5,6)42-24-34(31(37)40-4)21-20-30(36(34,32(38)39)22-25-12-8-7-9-13-25)26-16-18-28(19-17-26)41-23-27-14-10-11-15-29(27)35/h7-19,30H,20-24H2,1-6H3/p+1/t30-,34-,36?/m1/s1. The fourth-order valence-corrected chi connectivity index (χ4v) is 6.84. The van der Waals surface area contributed by atoms with E-state index < -0.39 is 36.4 Å². The van der Waals surface area contributed by atoms with E-state index in [1.165, 1.54) is 13.2 Å². The summed E-state index contributed by atoms with van der Waals surface area (Å²) in [5.41, 5.74) is 0.518. The Balaban J connectivity index is 1.76. The van der Waals surface area contributed by atoms with E-state index in [4.69, 9.17) is 13.9 Å². The maximum Gasteiger partial charge on any atom is 0.515 e. The summed E-state index contributed by atoms with van der Waals surface area (Å²) >= 11 is 0. The van der Waals surface area contributed by atoms with Crippen LogP contribution in [0.4, 0.5) is 9.18 Å². The molecule has 7 nitrogen and oxygen atoms in total. The molecular formula is C34H43FNO6Si+. The Kier molecular flexibility index (Phi) is 9.49. The maximum atomic E-state index is 14.1. The van der Waals surface area contributed by atoms with Crippen LogP contribution >= 0.6 is 0 Å². The third-order valence-corrected chi connectivity index (χ3v) is 13.9. The molecule has 0 bridgehead atoms. The van der Waals surface area contributed by atoms with Crippen LogP contribution in [0.3, 0.4) is 0 Å². The van der Waals surface area contributed by atoms with Crippen molar-refractivity contribution in [1.29, 1.82) is 0 Å². The molecule has 0 aliphatic carbocycles. The van der Waals surface area contributed by atoms with Crippen LogP contribution in [0.1, 0.15) is 56.3 Å².